The van der Waals surface area contributed by atoms with Gasteiger partial charge in [0, 0.05) is 24.0 Å². The van der Waals surface area contributed by atoms with Crippen LogP contribution in [0.1, 0.15) is 11.1 Å². The zero-order valence-electron chi connectivity index (χ0n) is 15.0. The Balaban J connectivity index is 1.87. The van der Waals surface area contributed by atoms with Crippen LogP contribution in [0.15, 0.2) is 48.5 Å². The number of amides is 2. The van der Waals surface area contributed by atoms with Gasteiger partial charge in [0.05, 0.1) is 18.7 Å². The van der Waals surface area contributed by atoms with E-state index in [1.54, 1.807) is 24.3 Å². The fourth-order valence-corrected chi connectivity index (χ4v) is 2.31. The number of carbonyl (C=O) groups is 2. The molecule has 2 N–H and O–H groups in total. The predicted molar refractivity (Wildman–Crippen MR) is 101 cm³/mol. The highest BCUT2D eigenvalue weighted by Crippen LogP contribution is 2.30. The standard InChI is InChI=1S/C20H18F3N3O2/c1-3-14-6-4-9-17(10-14)25-18(27)13-26(2)19(28)12-24-16-8-5-7-15(11-16)20(21,22)23/h1,4-11,24H,12-13H2,2H3,(H,25,27). The van der Waals surface area contributed by atoms with Gasteiger partial charge in [-0.25, -0.2) is 0 Å². The van der Waals surface area contributed by atoms with Crippen LogP contribution < -0.4 is 10.6 Å². The van der Waals surface area contributed by atoms with Gasteiger partial charge in [-0.1, -0.05) is 18.1 Å². The van der Waals surface area contributed by atoms with Crippen molar-refractivity contribution < 1.29 is 22.8 Å². The molecule has 0 bridgehead atoms. The minimum Gasteiger partial charge on any atom is -0.376 e. The van der Waals surface area contributed by atoms with E-state index >= 15 is 0 Å². The third kappa shape index (κ3) is 6.06. The fraction of sp³-hybridized carbons (Fsp3) is 0.200. The molecule has 0 aromatic heterocycles. The van der Waals surface area contributed by atoms with Crippen LogP contribution in [-0.2, 0) is 15.8 Å². The van der Waals surface area contributed by atoms with Crippen LogP contribution in [0.3, 0.4) is 0 Å². The Morgan fingerprint density at radius 3 is 2.46 bits per heavy atom. The lowest BCUT2D eigenvalue weighted by molar-refractivity contribution is -0.137. The summed E-state index contributed by atoms with van der Waals surface area (Å²) >= 11 is 0. The Hall–Kier alpha value is -3.47. The molecule has 0 unspecified atom stereocenters. The average molecular weight is 389 g/mol. The van der Waals surface area contributed by atoms with E-state index in [0.717, 1.165) is 12.1 Å². The number of carbonyl (C=O) groups excluding carboxylic acids is 2. The first-order chi connectivity index (χ1) is 13.2. The van der Waals surface area contributed by atoms with E-state index in [1.165, 1.54) is 24.1 Å². The van der Waals surface area contributed by atoms with Crippen LogP contribution in [0.5, 0.6) is 0 Å². The van der Waals surface area contributed by atoms with E-state index < -0.39 is 23.6 Å². The number of hydrogen-bond donors (Lipinski definition) is 2. The summed E-state index contributed by atoms with van der Waals surface area (Å²) in [6.07, 6.45) is 0.834. The van der Waals surface area contributed by atoms with Gasteiger partial charge in [0.15, 0.2) is 0 Å². The maximum absolute atomic E-state index is 12.7. The number of nitrogens with one attached hydrogen (secondary N) is 2. The summed E-state index contributed by atoms with van der Waals surface area (Å²) in [5.74, 6) is 1.57. The Morgan fingerprint density at radius 2 is 1.79 bits per heavy atom. The molecule has 0 atom stereocenters. The Morgan fingerprint density at radius 1 is 1.11 bits per heavy atom. The molecule has 0 aliphatic rings. The van der Waals surface area contributed by atoms with E-state index in [0.29, 0.717) is 11.3 Å². The minimum absolute atomic E-state index is 0.159. The Bertz CT molecular complexity index is 904. The Labute approximate surface area is 160 Å². The van der Waals surface area contributed by atoms with Crippen molar-refractivity contribution in [3.05, 3.63) is 59.7 Å². The molecule has 5 nitrogen and oxygen atoms in total. The fourth-order valence-electron chi connectivity index (χ4n) is 2.31. The number of terminal acetylenes is 1. The summed E-state index contributed by atoms with van der Waals surface area (Å²) in [7, 11) is 1.42. The monoisotopic (exact) mass is 389 g/mol. The molecule has 2 rings (SSSR count). The van der Waals surface area contributed by atoms with Gasteiger partial charge in [0.1, 0.15) is 0 Å². The largest absolute Gasteiger partial charge is 0.416 e. The average Bonchev–Trinajstić information content (AvgIpc) is 2.65. The Kier molecular flexibility index (Phi) is 6.66. The number of hydrogen-bond acceptors (Lipinski definition) is 3. The topological polar surface area (TPSA) is 61.4 Å². The first-order valence-electron chi connectivity index (χ1n) is 8.20. The molecule has 0 saturated carbocycles. The summed E-state index contributed by atoms with van der Waals surface area (Å²) in [5.41, 5.74) is 0.454. The van der Waals surface area contributed by atoms with Crippen molar-refractivity contribution in [1.82, 2.24) is 4.90 Å². The van der Waals surface area contributed by atoms with Crippen molar-refractivity contribution in [1.29, 1.82) is 0 Å². The van der Waals surface area contributed by atoms with Gasteiger partial charge in [-0.2, -0.15) is 13.2 Å². The quantitative estimate of drug-likeness (QED) is 0.746. The number of anilines is 2. The van der Waals surface area contributed by atoms with E-state index in [9.17, 15) is 22.8 Å². The van der Waals surface area contributed by atoms with E-state index in [-0.39, 0.29) is 18.8 Å². The van der Waals surface area contributed by atoms with Crippen molar-refractivity contribution in [3.8, 4) is 12.3 Å². The second-order valence-electron chi connectivity index (χ2n) is 5.96. The number of halogens is 3. The molecule has 0 aliphatic heterocycles. The molecule has 146 valence electrons. The van der Waals surface area contributed by atoms with Gasteiger partial charge in [0.2, 0.25) is 11.8 Å². The minimum atomic E-state index is -4.46. The van der Waals surface area contributed by atoms with Gasteiger partial charge >= 0.3 is 6.18 Å². The van der Waals surface area contributed by atoms with Crippen molar-refractivity contribution in [2.75, 3.05) is 30.8 Å². The van der Waals surface area contributed by atoms with Crippen LogP contribution in [0.25, 0.3) is 0 Å². The smallest absolute Gasteiger partial charge is 0.376 e. The third-order valence-corrected chi connectivity index (χ3v) is 3.75. The normalized spacial score (nSPS) is 10.7. The van der Waals surface area contributed by atoms with Crippen LogP contribution in [0.2, 0.25) is 0 Å². The zero-order chi connectivity index (χ0) is 20.7. The van der Waals surface area contributed by atoms with Crippen molar-refractivity contribution in [2.24, 2.45) is 0 Å². The molecule has 28 heavy (non-hydrogen) atoms. The molecule has 0 fully saturated rings. The van der Waals surface area contributed by atoms with Crippen molar-refractivity contribution in [3.63, 3.8) is 0 Å². The van der Waals surface area contributed by atoms with Gasteiger partial charge in [-0.3, -0.25) is 9.59 Å². The first kappa shape index (κ1) is 20.8. The highest BCUT2D eigenvalue weighted by Gasteiger charge is 2.30. The molecule has 0 radical (unpaired) electrons. The van der Waals surface area contributed by atoms with E-state index in [4.69, 9.17) is 6.42 Å². The molecule has 0 aliphatic carbocycles. The summed E-state index contributed by atoms with van der Waals surface area (Å²) in [6, 6.07) is 11.2. The predicted octanol–water partition coefficient (Wildman–Crippen LogP) is 3.20. The summed E-state index contributed by atoms with van der Waals surface area (Å²) in [6.45, 7) is -0.471. The number of likely N-dealkylation sites (N-methyl/N-ethyl adjacent to an activating group) is 1. The molecular formula is C20H18F3N3O2. The summed E-state index contributed by atoms with van der Waals surface area (Å²) < 4.78 is 38.1. The van der Waals surface area contributed by atoms with Crippen molar-refractivity contribution in [2.45, 2.75) is 6.18 Å². The molecule has 2 amide bonds. The van der Waals surface area contributed by atoms with Crippen molar-refractivity contribution >= 4 is 23.2 Å². The second-order valence-corrected chi connectivity index (χ2v) is 5.96. The molecule has 2 aromatic rings. The first-order valence-corrected chi connectivity index (χ1v) is 8.20. The van der Waals surface area contributed by atoms with Gasteiger partial charge in [-0.05, 0) is 36.4 Å². The molecule has 8 heteroatoms. The van der Waals surface area contributed by atoms with Gasteiger partial charge in [-0.15, -0.1) is 6.42 Å². The second kappa shape index (κ2) is 8.95. The van der Waals surface area contributed by atoms with E-state index in [1.807, 2.05) is 0 Å². The molecule has 2 aromatic carbocycles. The zero-order valence-corrected chi connectivity index (χ0v) is 15.0. The highest BCUT2D eigenvalue weighted by molar-refractivity contribution is 5.95. The van der Waals surface area contributed by atoms with E-state index in [2.05, 4.69) is 16.6 Å². The van der Waals surface area contributed by atoms with Crippen LogP contribution >= 0.6 is 0 Å². The third-order valence-electron chi connectivity index (χ3n) is 3.75. The lowest BCUT2D eigenvalue weighted by Gasteiger charge is -2.18. The highest BCUT2D eigenvalue weighted by atomic mass is 19.4. The maximum Gasteiger partial charge on any atom is 0.416 e. The lowest BCUT2D eigenvalue weighted by atomic mass is 10.2. The lowest BCUT2D eigenvalue weighted by Crippen LogP contribution is -2.38. The SMILES string of the molecule is C#Cc1cccc(NC(=O)CN(C)C(=O)CNc2cccc(C(F)(F)F)c2)c1. The maximum atomic E-state index is 12.7. The number of nitrogens with zero attached hydrogens (tertiary/aromatic N) is 1. The van der Waals surface area contributed by atoms with Crippen LogP contribution in [-0.4, -0.2) is 36.9 Å². The van der Waals surface area contributed by atoms with Gasteiger partial charge in [0.25, 0.3) is 0 Å². The van der Waals surface area contributed by atoms with Crippen LogP contribution in [0, 0.1) is 12.3 Å². The molecule has 0 spiro atoms. The molecule has 0 heterocycles. The molecular weight excluding hydrogens is 371 g/mol. The number of rotatable bonds is 6. The summed E-state index contributed by atoms with van der Waals surface area (Å²) in [4.78, 5) is 25.3. The molecule has 0 saturated heterocycles. The number of alkyl halides is 3. The van der Waals surface area contributed by atoms with Gasteiger partial charge < -0.3 is 15.5 Å². The number of benzene rings is 2. The van der Waals surface area contributed by atoms with Crippen LogP contribution in [0.4, 0.5) is 24.5 Å². The summed E-state index contributed by atoms with van der Waals surface area (Å²) in [5, 5.41) is 5.26.